The number of pyridine rings is 1. The van der Waals surface area contributed by atoms with Gasteiger partial charge in [-0.25, -0.2) is 14.5 Å². The first-order valence-corrected chi connectivity index (χ1v) is 12.4. The Kier molecular flexibility index (Phi) is 6.38. The number of carbonyl (C=O) groups excluding carboxylic acids is 2. The number of nitrogens with one attached hydrogen (secondary N) is 3. The van der Waals surface area contributed by atoms with Gasteiger partial charge in [0, 0.05) is 30.9 Å². The van der Waals surface area contributed by atoms with Gasteiger partial charge in [0.15, 0.2) is 5.03 Å². The van der Waals surface area contributed by atoms with Gasteiger partial charge in [0.2, 0.25) is 5.91 Å². The van der Waals surface area contributed by atoms with E-state index in [0.29, 0.717) is 17.1 Å². The molecule has 0 radical (unpaired) electrons. The molecule has 0 saturated heterocycles. The van der Waals surface area contributed by atoms with Gasteiger partial charge in [-0.3, -0.25) is 9.48 Å². The zero-order valence-electron chi connectivity index (χ0n) is 19.1. The molecule has 2 aromatic heterocycles. The third-order valence-corrected chi connectivity index (χ3v) is 6.73. The number of carbonyl (C=O) groups is 2. The number of nitrogens with zero attached hydrogens (tertiary/aromatic N) is 3. The Morgan fingerprint density at radius 2 is 1.88 bits per heavy atom. The maximum absolute atomic E-state index is 12.8. The second-order valence-electron chi connectivity index (χ2n) is 8.38. The number of amides is 3. The highest BCUT2D eigenvalue weighted by atomic mass is 32.2. The van der Waals surface area contributed by atoms with Crippen molar-refractivity contribution in [2.75, 3.05) is 10.6 Å². The number of aryl methyl sites for hydroxylation is 1. The van der Waals surface area contributed by atoms with Gasteiger partial charge in [0.25, 0.3) is 10.0 Å². The minimum absolute atomic E-state index is 0.0185. The molecule has 0 atom stereocenters. The van der Waals surface area contributed by atoms with E-state index in [1.807, 2.05) is 26.0 Å². The maximum atomic E-state index is 12.8. The molecule has 10 nitrogen and oxygen atoms in total. The van der Waals surface area contributed by atoms with Crippen molar-refractivity contribution in [2.45, 2.75) is 51.1 Å². The summed E-state index contributed by atoms with van der Waals surface area (Å²) in [4.78, 5) is 28.4. The normalized spacial score (nSPS) is 12.9. The zero-order chi connectivity index (χ0) is 24.5. The Hall–Kier alpha value is -3.73. The summed E-state index contributed by atoms with van der Waals surface area (Å²) in [6.45, 7) is 5.14. The van der Waals surface area contributed by atoms with Crippen molar-refractivity contribution in [3.8, 4) is 11.1 Å². The third kappa shape index (κ3) is 4.93. The average Bonchev–Trinajstić information content (AvgIpc) is 3.44. The van der Waals surface area contributed by atoms with E-state index < -0.39 is 16.1 Å². The van der Waals surface area contributed by atoms with Gasteiger partial charge in [-0.05, 0) is 68.0 Å². The molecule has 11 heteroatoms. The van der Waals surface area contributed by atoms with Crippen LogP contribution in [-0.2, 0) is 27.7 Å². The number of anilines is 2. The monoisotopic (exact) mass is 482 g/mol. The third-order valence-electron chi connectivity index (χ3n) is 5.51. The standard InChI is InChI=1S/C23H26N6O4S/c1-14(2)29-12-10-21(27-29)34(32,33)28-23(31)26-22-18-6-4-5-16(18)7-8-19(22)17-9-11-24-20(13-17)25-15(3)30/h7-14H,4-6H2,1-3H3,(H,24,25,30)(H2,26,28,31). The number of rotatable bonds is 6. The van der Waals surface area contributed by atoms with Crippen molar-refractivity contribution in [3.63, 3.8) is 0 Å². The molecule has 178 valence electrons. The number of aromatic nitrogens is 3. The van der Waals surface area contributed by atoms with E-state index >= 15 is 0 Å². The van der Waals surface area contributed by atoms with E-state index in [2.05, 4.69) is 25.4 Å². The van der Waals surface area contributed by atoms with Gasteiger partial charge in [-0.15, -0.1) is 0 Å². The van der Waals surface area contributed by atoms with Crippen molar-refractivity contribution in [2.24, 2.45) is 0 Å². The first-order chi connectivity index (χ1) is 16.1. The Morgan fingerprint density at radius 1 is 1.09 bits per heavy atom. The molecule has 0 fully saturated rings. The van der Waals surface area contributed by atoms with Crippen LogP contribution in [0, 0.1) is 0 Å². The molecule has 2 heterocycles. The number of fused-ring (bicyclic) bond motifs is 1. The second-order valence-corrected chi connectivity index (χ2v) is 10.0. The SMILES string of the molecule is CC(=O)Nc1cc(-c2ccc3c(c2NC(=O)NS(=O)(=O)c2ccn(C(C)C)n2)CCC3)ccn1. The fourth-order valence-electron chi connectivity index (χ4n) is 3.96. The minimum Gasteiger partial charge on any atom is -0.311 e. The van der Waals surface area contributed by atoms with Gasteiger partial charge in [-0.2, -0.15) is 13.5 Å². The van der Waals surface area contributed by atoms with Crippen molar-refractivity contribution < 1.29 is 18.0 Å². The van der Waals surface area contributed by atoms with Gasteiger partial charge < -0.3 is 10.6 Å². The van der Waals surface area contributed by atoms with E-state index in [-0.39, 0.29) is 17.0 Å². The van der Waals surface area contributed by atoms with Crippen LogP contribution in [0.5, 0.6) is 0 Å². The van der Waals surface area contributed by atoms with Gasteiger partial charge >= 0.3 is 6.03 Å². The van der Waals surface area contributed by atoms with Crippen LogP contribution in [0.1, 0.15) is 44.4 Å². The molecule has 1 aromatic carbocycles. The first-order valence-electron chi connectivity index (χ1n) is 10.9. The van der Waals surface area contributed by atoms with E-state index in [1.54, 1.807) is 24.5 Å². The summed E-state index contributed by atoms with van der Waals surface area (Å²) in [6, 6.07) is 7.81. The minimum atomic E-state index is -4.16. The van der Waals surface area contributed by atoms with Gasteiger partial charge in [0.1, 0.15) is 5.82 Å². The Bertz CT molecular complexity index is 1360. The largest absolute Gasteiger partial charge is 0.333 e. The topological polar surface area (TPSA) is 135 Å². The summed E-state index contributed by atoms with van der Waals surface area (Å²) in [6.07, 6.45) is 5.69. The predicted molar refractivity (Wildman–Crippen MR) is 128 cm³/mol. The fourth-order valence-corrected chi connectivity index (χ4v) is 4.80. The lowest BCUT2D eigenvalue weighted by molar-refractivity contribution is -0.114. The molecule has 34 heavy (non-hydrogen) atoms. The van der Waals surface area contributed by atoms with E-state index in [4.69, 9.17) is 0 Å². The smallest absolute Gasteiger partial charge is 0.311 e. The lowest BCUT2D eigenvalue weighted by atomic mass is 9.98. The molecule has 3 N–H and O–H groups in total. The summed E-state index contributed by atoms with van der Waals surface area (Å²) in [5, 5.41) is 9.21. The van der Waals surface area contributed by atoms with Crippen molar-refractivity contribution in [3.05, 3.63) is 53.9 Å². The Morgan fingerprint density at radius 3 is 2.59 bits per heavy atom. The summed E-state index contributed by atoms with van der Waals surface area (Å²) in [5.41, 5.74) is 4.03. The number of urea groups is 1. The molecule has 0 bridgehead atoms. The molecule has 0 saturated carbocycles. The molecule has 0 unspecified atom stereocenters. The van der Waals surface area contributed by atoms with Crippen LogP contribution in [-0.4, -0.2) is 35.1 Å². The number of hydrogen-bond acceptors (Lipinski definition) is 6. The summed E-state index contributed by atoms with van der Waals surface area (Å²) in [5.74, 6) is 0.130. The lowest BCUT2D eigenvalue weighted by Crippen LogP contribution is -2.35. The second kappa shape index (κ2) is 9.26. The molecule has 0 spiro atoms. The molecule has 0 aliphatic heterocycles. The lowest BCUT2D eigenvalue weighted by Gasteiger charge is -2.17. The van der Waals surface area contributed by atoms with E-state index in [0.717, 1.165) is 36.0 Å². The first kappa shape index (κ1) is 23.4. The fraction of sp³-hybridized carbons (Fsp3) is 0.304. The van der Waals surface area contributed by atoms with Crippen LogP contribution in [0.25, 0.3) is 11.1 Å². The van der Waals surface area contributed by atoms with E-state index in [9.17, 15) is 18.0 Å². The molecular formula is C23H26N6O4S. The number of sulfonamides is 1. The predicted octanol–water partition coefficient (Wildman–Crippen LogP) is 3.48. The quantitative estimate of drug-likeness (QED) is 0.492. The molecule has 1 aliphatic rings. The highest BCUT2D eigenvalue weighted by molar-refractivity contribution is 7.90. The molecule has 1 aliphatic carbocycles. The van der Waals surface area contributed by atoms with Gasteiger partial charge in [-0.1, -0.05) is 12.1 Å². The van der Waals surface area contributed by atoms with Crippen LogP contribution in [0.3, 0.4) is 0 Å². The molecule has 4 rings (SSSR count). The van der Waals surface area contributed by atoms with Gasteiger partial charge in [0.05, 0.1) is 5.69 Å². The molecule has 3 amide bonds. The number of hydrogen-bond donors (Lipinski definition) is 3. The van der Waals surface area contributed by atoms with Crippen molar-refractivity contribution in [1.82, 2.24) is 19.5 Å². The zero-order valence-corrected chi connectivity index (χ0v) is 19.9. The van der Waals surface area contributed by atoms with Crippen LogP contribution in [0.2, 0.25) is 0 Å². The summed E-state index contributed by atoms with van der Waals surface area (Å²) >= 11 is 0. The molecule has 3 aromatic rings. The Labute approximate surface area is 197 Å². The van der Waals surface area contributed by atoms with Crippen LogP contribution < -0.4 is 15.4 Å². The van der Waals surface area contributed by atoms with Crippen LogP contribution in [0.4, 0.5) is 16.3 Å². The maximum Gasteiger partial charge on any atom is 0.333 e. The van der Waals surface area contributed by atoms with Crippen LogP contribution in [0.15, 0.2) is 47.8 Å². The van der Waals surface area contributed by atoms with Crippen LogP contribution >= 0.6 is 0 Å². The highest BCUT2D eigenvalue weighted by Gasteiger charge is 2.24. The molecular weight excluding hydrogens is 456 g/mol. The average molecular weight is 483 g/mol. The highest BCUT2D eigenvalue weighted by Crippen LogP contribution is 2.38. The Balaban J connectivity index is 1.64. The van der Waals surface area contributed by atoms with Crippen molar-refractivity contribution >= 4 is 33.5 Å². The van der Waals surface area contributed by atoms with E-state index in [1.165, 1.54) is 17.7 Å². The number of benzene rings is 1. The summed E-state index contributed by atoms with van der Waals surface area (Å²) in [7, 11) is -4.16. The van der Waals surface area contributed by atoms with Crippen molar-refractivity contribution in [1.29, 1.82) is 0 Å². The summed E-state index contributed by atoms with van der Waals surface area (Å²) < 4.78 is 29.0.